The fourth-order valence-corrected chi connectivity index (χ4v) is 2.20. The Morgan fingerprint density at radius 2 is 2.18 bits per heavy atom. The number of halogens is 2. The minimum atomic E-state index is -0.589. The standard InChI is InChI=1S/C13H12ClFN4O3/c1-7-13(19(21)22)8(2)18(17-7)6-12(20)16-9-3-4-11(15)10(14)5-9/h3-5H,6H2,1-2H3,(H,16,20). The molecule has 0 fully saturated rings. The highest BCUT2D eigenvalue weighted by atomic mass is 35.5. The summed E-state index contributed by atoms with van der Waals surface area (Å²) in [6.07, 6.45) is 0. The van der Waals surface area contributed by atoms with Crippen molar-refractivity contribution in [3.05, 3.63) is 50.5 Å². The van der Waals surface area contributed by atoms with Crippen LogP contribution in [0.25, 0.3) is 0 Å². The number of amides is 1. The number of carbonyl (C=O) groups is 1. The molecular weight excluding hydrogens is 315 g/mol. The Kier molecular flexibility index (Phi) is 4.41. The molecule has 1 heterocycles. The Labute approximate surface area is 129 Å². The number of nitrogens with zero attached hydrogens (tertiary/aromatic N) is 3. The maximum absolute atomic E-state index is 13.0. The molecule has 0 aliphatic rings. The van der Waals surface area contributed by atoms with Crippen molar-refractivity contribution in [3.63, 3.8) is 0 Å². The van der Waals surface area contributed by atoms with E-state index in [-0.39, 0.29) is 28.6 Å². The fraction of sp³-hybridized carbons (Fsp3) is 0.231. The van der Waals surface area contributed by atoms with Gasteiger partial charge in [0.05, 0.1) is 9.95 Å². The van der Waals surface area contributed by atoms with Crippen molar-refractivity contribution in [3.8, 4) is 0 Å². The minimum Gasteiger partial charge on any atom is -0.324 e. The summed E-state index contributed by atoms with van der Waals surface area (Å²) in [5.74, 6) is -1.04. The zero-order valence-corrected chi connectivity index (χ0v) is 12.5. The molecule has 7 nitrogen and oxygen atoms in total. The van der Waals surface area contributed by atoms with Gasteiger partial charge in [0, 0.05) is 5.69 Å². The first kappa shape index (κ1) is 15.9. The number of nitrogens with one attached hydrogen (secondary N) is 1. The lowest BCUT2D eigenvalue weighted by Gasteiger charge is -2.07. The van der Waals surface area contributed by atoms with Crippen molar-refractivity contribution in [1.82, 2.24) is 9.78 Å². The molecule has 9 heteroatoms. The van der Waals surface area contributed by atoms with Crippen LogP contribution in [0.5, 0.6) is 0 Å². The van der Waals surface area contributed by atoms with E-state index < -0.39 is 16.6 Å². The van der Waals surface area contributed by atoms with Crippen LogP contribution in [-0.4, -0.2) is 20.6 Å². The number of hydrogen-bond donors (Lipinski definition) is 1. The third kappa shape index (κ3) is 3.22. The van der Waals surface area contributed by atoms with Crippen LogP contribution in [0.1, 0.15) is 11.4 Å². The third-order valence-electron chi connectivity index (χ3n) is 3.02. The smallest absolute Gasteiger partial charge is 0.312 e. The van der Waals surface area contributed by atoms with E-state index in [1.54, 1.807) is 0 Å². The Hall–Kier alpha value is -2.48. The number of anilines is 1. The van der Waals surface area contributed by atoms with Crippen molar-refractivity contribution in [2.24, 2.45) is 0 Å². The average molecular weight is 327 g/mol. The van der Waals surface area contributed by atoms with E-state index >= 15 is 0 Å². The second kappa shape index (κ2) is 6.10. The molecule has 1 N–H and O–H groups in total. The van der Waals surface area contributed by atoms with Crippen molar-refractivity contribution in [2.75, 3.05) is 5.32 Å². The van der Waals surface area contributed by atoms with E-state index in [1.165, 1.54) is 30.7 Å². The van der Waals surface area contributed by atoms with Crippen LogP contribution in [0.3, 0.4) is 0 Å². The summed E-state index contributed by atoms with van der Waals surface area (Å²) in [6, 6.07) is 3.77. The van der Waals surface area contributed by atoms with Crippen molar-refractivity contribution < 1.29 is 14.1 Å². The summed E-state index contributed by atoms with van der Waals surface area (Å²) in [4.78, 5) is 22.3. The highest BCUT2D eigenvalue weighted by molar-refractivity contribution is 6.31. The average Bonchev–Trinajstić information content (AvgIpc) is 2.68. The molecule has 0 atom stereocenters. The summed E-state index contributed by atoms with van der Waals surface area (Å²) >= 11 is 5.62. The monoisotopic (exact) mass is 326 g/mol. The molecule has 2 rings (SSSR count). The molecule has 0 saturated heterocycles. The van der Waals surface area contributed by atoms with E-state index in [4.69, 9.17) is 11.6 Å². The first-order valence-corrected chi connectivity index (χ1v) is 6.60. The molecule has 22 heavy (non-hydrogen) atoms. The molecule has 0 unspecified atom stereocenters. The quantitative estimate of drug-likeness (QED) is 0.691. The lowest BCUT2D eigenvalue weighted by Crippen LogP contribution is -2.20. The maximum Gasteiger partial charge on any atom is 0.312 e. The lowest BCUT2D eigenvalue weighted by atomic mass is 10.3. The SMILES string of the molecule is Cc1nn(CC(=O)Nc2ccc(F)c(Cl)c2)c(C)c1[N+](=O)[O-]. The second-order valence-corrected chi connectivity index (χ2v) is 5.02. The van der Waals surface area contributed by atoms with Gasteiger partial charge in [-0.05, 0) is 32.0 Å². The van der Waals surface area contributed by atoms with Crippen LogP contribution in [0.4, 0.5) is 15.8 Å². The molecule has 0 saturated carbocycles. The van der Waals surface area contributed by atoms with Gasteiger partial charge in [0.25, 0.3) is 0 Å². The van der Waals surface area contributed by atoms with Gasteiger partial charge in [-0.15, -0.1) is 0 Å². The van der Waals surface area contributed by atoms with Gasteiger partial charge in [-0.3, -0.25) is 19.6 Å². The molecule has 0 spiro atoms. The van der Waals surface area contributed by atoms with Crippen molar-refractivity contribution in [2.45, 2.75) is 20.4 Å². The summed E-state index contributed by atoms with van der Waals surface area (Å²) < 4.78 is 14.3. The normalized spacial score (nSPS) is 10.5. The number of nitro groups is 1. The first-order chi connectivity index (χ1) is 10.3. The molecule has 1 aromatic carbocycles. The summed E-state index contributed by atoms with van der Waals surface area (Å²) in [7, 11) is 0. The zero-order valence-electron chi connectivity index (χ0n) is 11.8. The number of carbonyl (C=O) groups excluding carboxylic acids is 1. The van der Waals surface area contributed by atoms with Gasteiger partial charge in [-0.2, -0.15) is 5.10 Å². The van der Waals surface area contributed by atoms with Gasteiger partial charge in [0.1, 0.15) is 23.7 Å². The Balaban J connectivity index is 2.14. The van der Waals surface area contributed by atoms with E-state index in [9.17, 15) is 19.3 Å². The van der Waals surface area contributed by atoms with Crippen LogP contribution in [0, 0.1) is 29.8 Å². The largest absolute Gasteiger partial charge is 0.324 e. The Bertz CT molecular complexity index is 760. The number of hydrogen-bond acceptors (Lipinski definition) is 4. The van der Waals surface area contributed by atoms with Gasteiger partial charge < -0.3 is 5.32 Å². The highest BCUT2D eigenvalue weighted by Gasteiger charge is 2.22. The molecule has 1 amide bonds. The third-order valence-corrected chi connectivity index (χ3v) is 3.31. The molecule has 0 aliphatic carbocycles. The van der Waals surface area contributed by atoms with Gasteiger partial charge in [-0.25, -0.2) is 4.39 Å². The van der Waals surface area contributed by atoms with E-state index in [1.807, 2.05) is 0 Å². The number of aromatic nitrogens is 2. The zero-order chi connectivity index (χ0) is 16.4. The first-order valence-electron chi connectivity index (χ1n) is 6.23. The van der Waals surface area contributed by atoms with Crippen LogP contribution in [0.15, 0.2) is 18.2 Å². The molecule has 0 bridgehead atoms. The number of aryl methyl sites for hydroxylation is 1. The number of rotatable bonds is 4. The van der Waals surface area contributed by atoms with Crippen LogP contribution in [0.2, 0.25) is 5.02 Å². The van der Waals surface area contributed by atoms with Crippen LogP contribution < -0.4 is 5.32 Å². The number of benzene rings is 1. The molecule has 0 radical (unpaired) electrons. The highest BCUT2D eigenvalue weighted by Crippen LogP contribution is 2.22. The maximum atomic E-state index is 13.0. The van der Waals surface area contributed by atoms with Gasteiger partial charge in [0.15, 0.2) is 0 Å². The fourth-order valence-electron chi connectivity index (χ4n) is 2.02. The second-order valence-electron chi connectivity index (χ2n) is 4.61. The predicted octanol–water partition coefficient (Wildman–Crippen LogP) is 2.84. The van der Waals surface area contributed by atoms with Crippen LogP contribution in [-0.2, 0) is 11.3 Å². The minimum absolute atomic E-state index is 0.112. The van der Waals surface area contributed by atoms with Gasteiger partial charge in [-0.1, -0.05) is 11.6 Å². The van der Waals surface area contributed by atoms with E-state index in [0.717, 1.165) is 6.07 Å². The van der Waals surface area contributed by atoms with Gasteiger partial charge in [0.2, 0.25) is 5.91 Å². The van der Waals surface area contributed by atoms with Crippen molar-refractivity contribution in [1.29, 1.82) is 0 Å². The summed E-state index contributed by atoms with van der Waals surface area (Å²) in [6.45, 7) is 2.81. The molecule has 1 aromatic heterocycles. The molecular formula is C13H12ClFN4O3. The van der Waals surface area contributed by atoms with E-state index in [0.29, 0.717) is 5.69 Å². The molecule has 0 aliphatic heterocycles. The van der Waals surface area contributed by atoms with Gasteiger partial charge >= 0.3 is 5.69 Å². The summed E-state index contributed by atoms with van der Waals surface area (Å²) in [5.41, 5.74) is 0.736. The van der Waals surface area contributed by atoms with Crippen LogP contribution >= 0.6 is 11.6 Å². The Morgan fingerprint density at radius 3 is 2.73 bits per heavy atom. The van der Waals surface area contributed by atoms with E-state index in [2.05, 4.69) is 10.4 Å². The summed E-state index contributed by atoms with van der Waals surface area (Å²) in [5, 5.41) is 17.3. The van der Waals surface area contributed by atoms with Crippen molar-refractivity contribution >= 4 is 28.9 Å². The molecule has 2 aromatic rings. The topological polar surface area (TPSA) is 90.1 Å². The Morgan fingerprint density at radius 1 is 1.50 bits per heavy atom. The molecule has 116 valence electrons. The predicted molar refractivity (Wildman–Crippen MR) is 78.4 cm³/mol. The lowest BCUT2D eigenvalue weighted by molar-refractivity contribution is -0.386.